The average molecular weight is 260 g/mol. The molecular weight excluding hydrogens is 244 g/mol. The highest BCUT2D eigenvalue weighted by Gasteiger charge is 2.09. The van der Waals surface area contributed by atoms with Crippen LogP contribution in [0.3, 0.4) is 0 Å². The number of nitrogen functional groups attached to an aromatic ring is 1. The van der Waals surface area contributed by atoms with Gasteiger partial charge in [-0.2, -0.15) is 15.0 Å². The Morgan fingerprint density at radius 3 is 2.63 bits per heavy atom. The molecule has 0 aliphatic carbocycles. The van der Waals surface area contributed by atoms with Gasteiger partial charge in [-0.1, -0.05) is 0 Å². The predicted octanol–water partition coefficient (Wildman–Crippen LogP) is 0.834. The van der Waals surface area contributed by atoms with Gasteiger partial charge in [-0.05, 0) is 19.9 Å². The molecule has 2 heterocycles. The van der Waals surface area contributed by atoms with Crippen molar-refractivity contribution in [3.05, 3.63) is 18.6 Å². The summed E-state index contributed by atoms with van der Waals surface area (Å²) in [5.74, 6) is 1.70. The molecule has 0 bridgehead atoms. The summed E-state index contributed by atoms with van der Waals surface area (Å²) < 4.78 is 0. The molecule has 100 valence electrons. The molecule has 0 aliphatic heterocycles. The number of nitrogens with two attached hydrogens (primary N) is 1. The lowest BCUT2D eigenvalue weighted by Gasteiger charge is -2.18. The number of aromatic nitrogens is 5. The Labute approximate surface area is 111 Å². The van der Waals surface area contributed by atoms with Crippen LogP contribution >= 0.6 is 0 Å². The second-order valence-electron chi connectivity index (χ2n) is 3.71. The van der Waals surface area contributed by atoms with Crippen LogP contribution in [-0.2, 0) is 0 Å². The van der Waals surface area contributed by atoms with Crippen LogP contribution in [-0.4, -0.2) is 38.0 Å². The van der Waals surface area contributed by atoms with E-state index in [-0.39, 0.29) is 5.95 Å². The zero-order valence-corrected chi connectivity index (χ0v) is 10.9. The van der Waals surface area contributed by atoms with Crippen LogP contribution in [0, 0.1) is 0 Å². The van der Waals surface area contributed by atoms with E-state index in [1.165, 1.54) is 6.33 Å². The number of nitrogens with zero attached hydrogens (tertiary/aromatic N) is 6. The molecule has 0 radical (unpaired) electrons. The van der Waals surface area contributed by atoms with Gasteiger partial charge in [0.25, 0.3) is 0 Å². The summed E-state index contributed by atoms with van der Waals surface area (Å²) in [6.45, 7) is 5.65. The van der Waals surface area contributed by atoms with Crippen molar-refractivity contribution in [3.8, 4) is 0 Å². The Morgan fingerprint density at radius 1 is 1.21 bits per heavy atom. The molecule has 8 heteroatoms. The minimum absolute atomic E-state index is 0.174. The number of anilines is 4. The molecule has 0 spiro atoms. The normalized spacial score (nSPS) is 10.2. The molecule has 19 heavy (non-hydrogen) atoms. The Kier molecular flexibility index (Phi) is 4.01. The van der Waals surface area contributed by atoms with E-state index in [0.29, 0.717) is 17.7 Å². The second-order valence-corrected chi connectivity index (χ2v) is 3.71. The zero-order valence-electron chi connectivity index (χ0n) is 10.9. The van der Waals surface area contributed by atoms with Crippen molar-refractivity contribution in [1.29, 1.82) is 0 Å². The average Bonchev–Trinajstić information content (AvgIpc) is 2.40. The summed E-state index contributed by atoms with van der Waals surface area (Å²) in [5.41, 5.74) is 5.70. The van der Waals surface area contributed by atoms with Gasteiger partial charge in [-0.25, -0.2) is 9.97 Å². The lowest BCUT2D eigenvalue weighted by atomic mass is 10.5. The lowest BCUT2D eigenvalue weighted by molar-refractivity contribution is 0.816. The van der Waals surface area contributed by atoms with Gasteiger partial charge in [-0.3, -0.25) is 0 Å². The number of hydrogen-bond donors (Lipinski definition) is 2. The molecule has 0 atom stereocenters. The molecule has 2 aromatic heterocycles. The van der Waals surface area contributed by atoms with Crippen molar-refractivity contribution in [2.24, 2.45) is 0 Å². The number of hydrogen-bond acceptors (Lipinski definition) is 8. The summed E-state index contributed by atoms with van der Waals surface area (Å²) in [6.07, 6.45) is 3.07. The highest BCUT2D eigenvalue weighted by molar-refractivity contribution is 5.50. The lowest BCUT2D eigenvalue weighted by Crippen LogP contribution is -2.25. The monoisotopic (exact) mass is 260 g/mol. The van der Waals surface area contributed by atoms with Crippen LogP contribution in [0.5, 0.6) is 0 Å². The molecule has 3 N–H and O–H groups in total. The number of rotatable bonds is 5. The highest BCUT2D eigenvalue weighted by Crippen LogP contribution is 2.14. The third-order valence-electron chi connectivity index (χ3n) is 2.51. The van der Waals surface area contributed by atoms with Crippen molar-refractivity contribution < 1.29 is 0 Å². The van der Waals surface area contributed by atoms with E-state index in [2.05, 4.69) is 30.2 Å². The van der Waals surface area contributed by atoms with E-state index in [1.807, 2.05) is 18.7 Å². The van der Waals surface area contributed by atoms with E-state index in [9.17, 15) is 0 Å². The molecule has 0 saturated carbocycles. The standard InChI is InChI=1S/C11H16N8/c1-3-19(4-2)11-17-9(12)16-10(18-11)15-8-5-6-13-7-14-8/h5-7H,3-4H2,1-2H3,(H3,12,13,14,15,16,17,18). The molecule has 0 unspecified atom stereocenters. The Bertz CT molecular complexity index is 525. The minimum Gasteiger partial charge on any atom is -0.368 e. The highest BCUT2D eigenvalue weighted by atomic mass is 15.3. The summed E-state index contributed by atoms with van der Waals surface area (Å²) in [7, 11) is 0. The molecule has 8 nitrogen and oxygen atoms in total. The first-order valence-corrected chi connectivity index (χ1v) is 6.02. The van der Waals surface area contributed by atoms with Crippen molar-refractivity contribution in [3.63, 3.8) is 0 Å². The third-order valence-corrected chi connectivity index (χ3v) is 2.51. The van der Waals surface area contributed by atoms with Crippen LogP contribution in [0.4, 0.5) is 23.7 Å². The second kappa shape index (κ2) is 5.89. The van der Waals surface area contributed by atoms with Crippen LogP contribution in [0.1, 0.15) is 13.8 Å². The van der Waals surface area contributed by atoms with Crippen LogP contribution in [0.15, 0.2) is 18.6 Å². The first-order chi connectivity index (χ1) is 9.22. The van der Waals surface area contributed by atoms with Crippen LogP contribution < -0.4 is 16.0 Å². The Hall–Kier alpha value is -2.51. The van der Waals surface area contributed by atoms with Gasteiger partial charge in [0.15, 0.2) is 0 Å². The summed E-state index contributed by atoms with van der Waals surface area (Å²) in [6, 6.07) is 1.72. The maximum Gasteiger partial charge on any atom is 0.234 e. The van der Waals surface area contributed by atoms with E-state index in [4.69, 9.17) is 5.73 Å². The summed E-state index contributed by atoms with van der Waals surface area (Å²) >= 11 is 0. The fourth-order valence-electron chi connectivity index (χ4n) is 1.56. The maximum atomic E-state index is 5.70. The Balaban J connectivity index is 2.26. The molecule has 0 saturated heterocycles. The quantitative estimate of drug-likeness (QED) is 0.814. The molecule has 0 fully saturated rings. The fourth-order valence-corrected chi connectivity index (χ4v) is 1.56. The zero-order chi connectivity index (χ0) is 13.7. The minimum atomic E-state index is 0.174. The van der Waals surface area contributed by atoms with Crippen LogP contribution in [0.2, 0.25) is 0 Å². The van der Waals surface area contributed by atoms with Gasteiger partial charge in [0.05, 0.1) is 0 Å². The van der Waals surface area contributed by atoms with Crippen molar-refractivity contribution in [1.82, 2.24) is 24.9 Å². The molecule has 0 amide bonds. The van der Waals surface area contributed by atoms with Crippen molar-refractivity contribution >= 4 is 23.7 Å². The smallest absolute Gasteiger partial charge is 0.234 e. The fraction of sp³-hybridized carbons (Fsp3) is 0.364. The van der Waals surface area contributed by atoms with Gasteiger partial charge < -0.3 is 16.0 Å². The van der Waals surface area contributed by atoms with Gasteiger partial charge >= 0.3 is 0 Å². The molecule has 0 aromatic carbocycles. The largest absolute Gasteiger partial charge is 0.368 e. The molecule has 0 aliphatic rings. The third kappa shape index (κ3) is 3.24. The number of nitrogens with one attached hydrogen (secondary N) is 1. The van der Waals surface area contributed by atoms with E-state index < -0.39 is 0 Å². The van der Waals surface area contributed by atoms with Gasteiger partial charge in [0, 0.05) is 19.3 Å². The van der Waals surface area contributed by atoms with Crippen molar-refractivity contribution in [2.75, 3.05) is 29.0 Å². The van der Waals surface area contributed by atoms with E-state index >= 15 is 0 Å². The van der Waals surface area contributed by atoms with Gasteiger partial charge in [-0.15, -0.1) is 0 Å². The van der Waals surface area contributed by atoms with Crippen molar-refractivity contribution in [2.45, 2.75) is 13.8 Å². The van der Waals surface area contributed by atoms with Gasteiger partial charge in [0.2, 0.25) is 17.8 Å². The van der Waals surface area contributed by atoms with Gasteiger partial charge in [0.1, 0.15) is 12.1 Å². The molecule has 2 rings (SSSR count). The maximum absolute atomic E-state index is 5.70. The summed E-state index contributed by atoms with van der Waals surface area (Å²) in [4.78, 5) is 22.4. The first kappa shape index (κ1) is 12.9. The molecular formula is C11H16N8. The first-order valence-electron chi connectivity index (χ1n) is 6.02. The SMILES string of the molecule is CCN(CC)c1nc(N)nc(Nc2ccncn2)n1. The van der Waals surface area contributed by atoms with E-state index in [0.717, 1.165) is 13.1 Å². The van der Waals surface area contributed by atoms with Crippen LogP contribution in [0.25, 0.3) is 0 Å². The summed E-state index contributed by atoms with van der Waals surface area (Å²) in [5, 5.41) is 2.97. The predicted molar refractivity (Wildman–Crippen MR) is 73.1 cm³/mol. The topological polar surface area (TPSA) is 106 Å². The van der Waals surface area contributed by atoms with E-state index in [1.54, 1.807) is 12.3 Å². The molecule has 2 aromatic rings. The Morgan fingerprint density at radius 2 is 2.00 bits per heavy atom.